The number of para-hydroxylation sites is 1. The van der Waals surface area contributed by atoms with Gasteiger partial charge in [0, 0.05) is 12.0 Å². The summed E-state index contributed by atoms with van der Waals surface area (Å²) < 4.78 is 0. The Kier molecular flexibility index (Phi) is 1.52. The maximum absolute atomic E-state index is 10.8. The summed E-state index contributed by atoms with van der Waals surface area (Å²) in [7, 11) is 0. The zero-order chi connectivity index (χ0) is 7.68. The molecule has 1 aliphatic heterocycles. The van der Waals surface area contributed by atoms with Gasteiger partial charge in [-0.15, -0.1) is 0 Å². The van der Waals surface area contributed by atoms with E-state index >= 15 is 0 Å². The first kappa shape index (κ1) is 6.64. The van der Waals surface area contributed by atoms with Gasteiger partial charge in [-0.3, -0.25) is 0 Å². The fourth-order valence-electron chi connectivity index (χ4n) is 1.07. The molecule has 1 atom stereocenters. The van der Waals surface area contributed by atoms with Crippen molar-refractivity contribution in [1.29, 1.82) is 0 Å². The van der Waals surface area contributed by atoms with Gasteiger partial charge in [0.2, 0.25) is 6.29 Å². The van der Waals surface area contributed by atoms with Gasteiger partial charge in [-0.2, -0.15) is 9.99 Å². The summed E-state index contributed by atoms with van der Waals surface area (Å²) in [5.41, 5.74) is 0.916. The van der Waals surface area contributed by atoms with Crippen LogP contribution in [-0.4, -0.2) is 6.29 Å². The molecule has 0 saturated carbocycles. The SMILES string of the molecule is [O]C1Cc2ccccc2OO1. The first-order valence-electron chi connectivity index (χ1n) is 3.43. The van der Waals surface area contributed by atoms with Gasteiger partial charge in [0.15, 0.2) is 5.75 Å². The van der Waals surface area contributed by atoms with Crippen molar-refractivity contribution < 1.29 is 14.9 Å². The Bertz CT molecular complexity index is 259. The molecule has 1 radical (unpaired) electrons. The lowest BCUT2D eigenvalue weighted by Crippen LogP contribution is -2.21. The Morgan fingerprint density at radius 2 is 2.18 bits per heavy atom. The zero-order valence-corrected chi connectivity index (χ0v) is 5.82. The second kappa shape index (κ2) is 2.53. The molecule has 2 rings (SSSR count). The van der Waals surface area contributed by atoms with Gasteiger partial charge >= 0.3 is 0 Å². The number of benzene rings is 1. The zero-order valence-electron chi connectivity index (χ0n) is 5.82. The molecule has 1 unspecified atom stereocenters. The van der Waals surface area contributed by atoms with Crippen LogP contribution in [0.15, 0.2) is 24.3 Å². The largest absolute Gasteiger partial charge is 0.334 e. The molecule has 1 heterocycles. The van der Waals surface area contributed by atoms with E-state index in [1.165, 1.54) is 0 Å². The Labute approximate surface area is 64.1 Å². The van der Waals surface area contributed by atoms with Crippen LogP contribution in [0.5, 0.6) is 5.75 Å². The second-order valence-electron chi connectivity index (χ2n) is 2.42. The Morgan fingerprint density at radius 3 is 3.09 bits per heavy atom. The number of fused-ring (bicyclic) bond motifs is 1. The van der Waals surface area contributed by atoms with E-state index < -0.39 is 6.29 Å². The highest BCUT2D eigenvalue weighted by atomic mass is 17.2. The average molecular weight is 151 g/mol. The van der Waals surface area contributed by atoms with E-state index in [1.54, 1.807) is 6.07 Å². The summed E-state index contributed by atoms with van der Waals surface area (Å²) in [5, 5.41) is 10.8. The summed E-state index contributed by atoms with van der Waals surface area (Å²) in [6, 6.07) is 7.36. The van der Waals surface area contributed by atoms with Gasteiger partial charge in [-0.1, -0.05) is 18.2 Å². The molecule has 1 aromatic rings. The smallest absolute Gasteiger partial charge is 0.240 e. The third-order valence-electron chi connectivity index (χ3n) is 1.60. The number of hydrogen-bond acceptors (Lipinski definition) is 2. The predicted octanol–water partition coefficient (Wildman–Crippen LogP) is 1.31. The molecule has 3 heteroatoms. The Hall–Kier alpha value is -1.06. The standard InChI is InChI=1S/C8H7O3/c9-8-5-6-3-1-2-4-7(6)10-11-8/h1-4,8H,5H2. The minimum absolute atomic E-state index is 0.385. The van der Waals surface area contributed by atoms with Crippen LogP contribution in [0.4, 0.5) is 0 Å². The molecule has 0 N–H and O–H groups in total. The molecule has 0 aromatic heterocycles. The van der Waals surface area contributed by atoms with Crippen LogP contribution in [-0.2, 0) is 16.4 Å². The fourth-order valence-corrected chi connectivity index (χ4v) is 1.07. The van der Waals surface area contributed by atoms with Crippen LogP contribution >= 0.6 is 0 Å². The quantitative estimate of drug-likeness (QED) is 0.524. The summed E-state index contributed by atoms with van der Waals surface area (Å²) in [6.45, 7) is 0. The minimum atomic E-state index is -1.08. The first-order chi connectivity index (χ1) is 5.36. The molecular formula is C8H7O3. The predicted molar refractivity (Wildman–Crippen MR) is 36.3 cm³/mol. The van der Waals surface area contributed by atoms with Crippen LogP contribution < -0.4 is 4.89 Å². The van der Waals surface area contributed by atoms with Crippen molar-refractivity contribution in [3.8, 4) is 5.75 Å². The van der Waals surface area contributed by atoms with E-state index in [1.807, 2.05) is 18.2 Å². The third-order valence-corrected chi connectivity index (χ3v) is 1.60. The number of hydrogen-bond donors (Lipinski definition) is 0. The third kappa shape index (κ3) is 1.20. The normalized spacial score (nSPS) is 22.1. The van der Waals surface area contributed by atoms with Crippen molar-refractivity contribution in [2.24, 2.45) is 0 Å². The number of rotatable bonds is 0. The molecule has 0 spiro atoms. The van der Waals surface area contributed by atoms with Gasteiger partial charge in [-0.05, 0) is 6.07 Å². The van der Waals surface area contributed by atoms with Gasteiger partial charge < -0.3 is 4.89 Å². The lowest BCUT2D eigenvalue weighted by Gasteiger charge is -2.17. The molecular weight excluding hydrogens is 144 g/mol. The lowest BCUT2D eigenvalue weighted by molar-refractivity contribution is -0.330. The van der Waals surface area contributed by atoms with Gasteiger partial charge in [0.25, 0.3) is 0 Å². The molecule has 57 valence electrons. The van der Waals surface area contributed by atoms with Crippen molar-refractivity contribution in [3.63, 3.8) is 0 Å². The van der Waals surface area contributed by atoms with Crippen LogP contribution in [0.1, 0.15) is 5.56 Å². The maximum atomic E-state index is 10.8. The van der Waals surface area contributed by atoms with E-state index in [-0.39, 0.29) is 0 Å². The van der Waals surface area contributed by atoms with E-state index in [4.69, 9.17) is 4.89 Å². The highest BCUT2D eigenvalue weighted by Gasteiger charge is 2.19. The summed E-state index contributed by atoms with van der Waals surface area (Å²) in [5.74, 6) is 0.652. The van der Waals surface area contributed by atoms with E-state index in [0.29, 0.717) is 12.2 Å². The minimum Gasteiger partial charge on any atom is -0.334 e. The van der Waals surface area contributed by atoms with Crippen LogP contribution in [0, 0.1) is 0 Å². The van der Waals surface area contributed by atoms with Crippen LogP contribution in [0.25, 0.3) is 0 Å². The maximum Gasteiger partial charge on any atom is 0.240 e. The van der Waals surface area contributed by atoms with Gasteiger partial charge in [0.05, 0.1) is 0 Å². The summed E-state index contributed by atoms with van der Waals surface area (Å²) in [4.78, 5) is 9.17. The van der Waals surface area contributed by atoms with E-state index in [2.05, 4.69) is 4.89 Å². The van der Waals surface area contributed by atoms with Crippen molar-refractivity contribution in [1.82, 2.24) is 0 Å². The highest BCUT2D eigenvalue weighted by Crippen LogP contribution is 2.24. The van der Waals surface area contributed by atoms with Crippen molar-refractivity contribution in [2.45, 2.75) is 12.7 Å². The van der Waals surface area contributed by atoms with Crippen molar-refractivity contribution in [3.05, 3.63) is 29.8 Å². The molecule has 3 nitrogen and oxygen atoms in total. The molecule has 1 aromatic carbocycles. The highest BCUT2D eigenvalue weighted by molar-refractivity contribution is 5.33. The Morgan fingerprint density at radius 1 is 1.36 bits per heavy atom. The molecule has 0 amide bonds. The van der Waals surface area contributed by atoms with Crippen molar-refractivity contribution >= 4 is 0 Å². The summed E-state index contributed by atoms with van der Waals surface area (Å²) in [6.07, 6.45) is -0.694. The average Bonchev–Trinajstić information content (AvgIpc) is 2.04. The fraction of sp³-hybridized carbons (Fsp3) is 0.250. The molecule has 11 heavy (non-hydrogen) atoms. The van der Waals surface area contributed by atoms with Crippen molar-refractivity contribution in [2.75, 3.05) is 0 Å². The monoisotopic (exact) mass is 151 g/mol. The molecule has 0 aliphatic carbocycles. The van der Waals surface area contributed by atoms with Crippen LogP contribution in [0.2, 0.25) is 0 Å². The summed E-state index contributed by atoms with van der Waals surface area (Å²) >= 11 is 0. The van der Waals surface area contributed by atoms with E-state index in [9.17, 15) is 5.11 Å². The lowest BCUT2D eigenvalue weighted by atomic mass is 10.1. The Balaban J connectivity index is 2.34. The molecule has 0 fully saturated rings. The molecule has 1 aliphatic rings. The molecule has 0 bridgehead atoms. The van der Waals surface area contributed by atoms with Crippen LogP contribution in [0.3, 0.4) is 0 Å². The topological polar surface area (TPSA) is 38.4 Å². The molecule has 0 saturated heterocycles. The van der Waals surface area contributed by atoms with E-state index in [0.717, 1.165) is 5.56 Å². The second-order valence-corrected chi connectivity index (χ2v) is 2.42. The van der Waals surface area contributed by atoms with Gasteiger partial charge in [-0.25, -0.2) is 0 Å². The van der Waals surface area contributed by atoms with Gasteiger partial charge in [0.1, 0.15) is 0 Å². The first-order valence-corrected chi connectivity index (χ1v) is 3.43.